The van der Waals surface area contributed by atoms with Crippen molar-refractivity contribution in [1.82, 2.24) is 19.9 Å². The summed E-state index contributed by atoms with van der Waals surface area (Å²) < 4.78 is 1.74. The molecule has 0 spiro atoms. The highest BCUT2D eigenvalue weighted by atomic mass is 15.4. The third-order valence-corrected chi connectivity index (χ3v) is 2.80. The lowest BCUT2D eigenvalue weighted by molar-refractivity contribution is 0.157. The van der Waals surface area contributed by atoms with Crippen molar-refractivity contribution in [2.24, 2.45) is 18.7 Å². The molecule has 2 atom stereocenters. The first-order valence-corrected chi connectivity index (χ1v) is 5.46. The third kappa shape index (κ3) is 2.76. The molecule has 0 saturated carbocycles. The number of aryl methyl sites for hydroxylation is 1. The van der Waals surface area contributed by atoms with Crippen LogP contribution in [0.5, 0.6) is 0 Å². The zero-order chi connectivity index (χ0) is 10.8. The van der Waals surface area contributed by atoms with Crippen LogP contribution < -0.4 is 5.73 Å². The van der Waals surface area contributed by atoms with Gasteiger partial charge in [-0.25, -0.2) is 0 Å². The largest absolute Gasteiger partial charge is 0.327 e. The molecule has 0 amide bonds. The SMILES string of the molecule is CC1CC(N)CN(Cc2cn(C)nn2)C1. The summed E-state index contributed by atoms with van der Waals surface area (Å²) >= 11 is 0. The highest BCUT2D eigenvalue weighted by molar-refractivity contribution is 4.93. The van der Waals surface area contributed by atoms with E-state index in [2.05, 4.69) is 22.1 Å². The van der Waals surface area contributed by atoms with Gasteiger partial charge in [-0.2, -0.15) is 0 Å². The summed E-state index contributed by atoms with van der Waals surface area (Å²) in [6.45, 7) is 5.21. The number of aromatic nitrogens is 3. The Hall–Kier alpha value is -0.940. The summed E-state index contributed by atoms with van der Waals surface area (Å²) in [4.78, 5) is 2.36. The summed E-state index contributed by atoms with van der Waals surface area (Å²) in [6, 6.07) is 0.311. The van der Waals surface area contributed by atoms with Gasteiger partial charge in [-0.3, -0.25) is 9.58 Å². The molecule has 1 aliphatic rings. The maximum absolute atomic E-state index is 5.99. The van der Waals surface area contributed by atoms with Crippen molar-refractivity contribution in [2.45, 2.75) is 25.9 Å². The van der Waals surface area contributed by atoms with Gasteiger partial charge < -0.3 is 5.73 Å². The second-order valence-electron chi connectivity index (χ2n) is 4.68. The number of nitrogens with two attached hydrogens (primary N) is 1. The Bertz CT molecular complexity index is 311. The van der Waals surface area contributed by atoms with Gasteiger partial charge in [0.05, 0.1) is 5.69 Å². The van der Waals surface area contributed by atoms with Crippen molar-refractivity contribution < 1.29 is 0 Å². The van der Waals surface area contributed by atoms with Gasteiger partial charge in [0.25, 0.3) is 0 Å². The lowest BCUT2D eigenvalue weighted by atomic mass is 9.96. The number of likely N-dealkylation sites (tertiary alicyclic amines) is 1. The molecular weight excluding hydrogens is 190 g/mol. The molecule has 1 saturated heterocycles. The first-order valence-electron chi connectivity index (χ1n) is 5.46. The Morgan fingerprint density at radius 3 is 2.93 bits per heavy atom. The first-order chi connectivity index (χ1) is 7.13. The minimum Gasteiger partial charge on any atom is -0.327 e. The van der Waals surface area contributed by atoms with Crippen molar-refractivity contribution in [3.05, 3.63) is 11.9 Å². The van der Waals surface area contributed by atoms with Crippen molar-refractivity contribution in [3.8, 4) is 0 Å². The van der Waals surface area contributed by atoms with Crippen LogP contribution in [0.3, 0.4) is 0 Å². The predicted octanol–water partition coefficient (Wildman–Crippen LogP) is -0.0158. The predicted molar refractivity (Wildman–Crippen MR) is 58.0 cm³/mol. The summed E-state index contributed by atoms with van der Waals surface area (Å²) in [5.74, 6) is 0.686. The smallest absolute Gasteiger partial charge is 0.0967 e. The van der Waals surface area contributed by atoms with Gasteiger partial charge >= 0.3 is 0 Å². The molecular formula is C10H19N5. The number of nitrogens with zero attached hydrogens (tertiary/aromatic N) is 4. The van der Waals surface area contributed by atoms with Crippen LogP contribution in [0.1, 0.15) is 19.0 Å². The van der Waals surface area contributed by atoms with E-state index in [-0.39, 0.29) is 0 Å². The van der Waals surface area contributed by atoms with Crippen LogP contribution in [0.25, 0.3) is 0 Å². The Morgan fingerprint density at radius 1 is 1.53 bits per heavy atom. The zero-order valence-corrected chi connectivity index (χ0v) is 9.43. The van der Waals surface area contributed by atoms with Gasteiger partial charge in [0.15, 0.2) is 0 Å². The van der Waals surface area contributed by atoms with Crippen LogP contribution in [0.4, 0.5) is 0 Å². The molecule has 5 nitrogen and oxygen atoms in total. The molecule has 0 aromatic carbocycles. The molecule has 84 valence electrons. The fourth-order valence-corrected chi connectivity index (χ4v) is 2.34. The Labute approximate surface area is 90.2 Å². The second kappa shape index (κ2) is 4.28. The van der Waals surface area contributed by atoms with Crippen LogP contribution in [0.15, 0.2) is 6.20 Å². The highest BCUT2D eigenvalue weighted by Crippen LogP contribution is 2.16. The average Bonchev–Trinajstić information content (AvgIpc) is 2.49. The average molecular weight is 209 g/mol. The molecule has 1 aliphatic heterocycles. The molecule has 0 radical (unpaired) electrons. The number of rotatable bonds is 2. The van der Waals surface area contributed by atoms with Crippen molar-refractivity contribution >= 4 is 0 Å². The third-order valence-electron chi connectivity index (χ3n) is 2.80. The molecule has 0 aliphatic carbocycles. The molecule has 1 aromatic heterocycles. The van der Waals surface area contributed by atoms with Crippen LogP contribution >= 0.6 is 0 Å². The molecule has 2 N–H and O–H groups in total. The van der Waals surface area contributed by atoms with Crippen LogP contribution in [0.2, 0.25) is 0 Å². The lowest BCUT2D eigenvalue weighted by Crippen LogP contribution is -2.45. The van der Waals surface area contributed by atoms with Crippen molar-refractivity contribution in [1.29, 1.82) is 0 Å². The topological polar surface area (TPSA) is 60.0 Å². The maximum atomic E-state index is 5.99. The van der Waals surface area contributed by atoms with E-state index >= 15 is 0 Å². The van der Waals surface area contributed by atoms with Gasteiger partial charge in [-0.15, -0.1) is 5.10 Å². The van der Waals surface area contributed by atoms with Gasteiger partial charge in [-0.1, -0.05) is 12.1 Å². The van der Waals surface area contributed by atoms with Crippen molar-refractivity contribution in [2.75, 3.05) is 13.1 Å². The van der Waals surface area contributed by atoms with Gasteiger partial charge in [0.1, 0.15) is 0 Å². The van der Waals surface area contributed by atoms with E-state index in [0.29, 0.717) is 12.0 Å². The lowest BCUT2D eigenvalue weighted by Gasteiger charge is -2.34. The molecule has 5 heteroatoms. The van der Waals surface area contributed by atoms with E-state index in [9.17, 15) is 0 Å². The summed E-state index contributed by atoms with van der Waals surface area (Å²) in [5.41, 5.74) is 7.02. The highest BCUT2D eigenvalue weighted by Gasteiger charge is 2.22. The minimum absolute atomic E-state index is 0.311. The molecule has 0 bridgehead atoms. The Morgan fingerprint density at radius 2 is 2.33 bits per heavy atom. The van der Waals surface area contributed by atoms with Gasteiger partial charge in [0.2, 0.25) is 0 Å². The molecule has 1 fully saturated rings. The monoisotopic (exact) mass is 209 g/mol. The Kier molecular flexibility index (Phi) is 3.02. The number of hydrogen-bond donors (Lipinski definition) is 1. The Balaban J connectivity index is 1.94. The van der Waals surface area contributed by atoms with E-state index in [0.717, 1.165) is 31.7 Å². The second-order valence-corrected chi connectivity index (χ2v) is 4.68. The van der Waals surface area contributed by atoms with E-state index in [1.54, 1.807) is 4.68 Å². The molecule has 15 heavy (non-hydrogen) atoms. The minimum atomic E-state index is 0.311. The first kappa shape index (κ1) is 10.6. The zero-order valence-electron chi connectivity index (χ0n) is 9.43. The maximum Gasteiger partial charge on any atom is 0.0967 e. The summed E-state index contributed by atoms with van der Waals surface area (Å²) in [6.07, 6.45) is 3.10. The number of hydrogen-bond acceptors (Lipinski definition) is 4. The molecule has 2 heterocycles. The van der Waals surface area contributed by atoms with Gasteiger partial charge in [0, 0.05) is 38.9 Å². The van der Waals surface area contributed by atoms with Gasteiger partial charge in [-0.05, 0) is 12.3 Å². The standard InChI is InChI=1S/C10H19N5/c1-8-3-9(11)5-15(4-8)7-10-6-14(2)13-12-10/h6,8-9H,3-5,7,11H2,1-2H3. The summed E-state index contributed by atoms with van der Waals surface area (Å²) in [5, 5.41) is 8.02. The molecule has 2 unspecified atom stereocenters. The van der Waals surface area contributed by atoms with E-state index < -0.39 is 0 Å². The number of piperidine rings is 1. The van der Waals surface area contributed by atoms with E-state index in [1.807, 2.05) is 13.2 Å². The normalized spacial score (nSPS) is 28.2. The van der Waals surface area contributed by atoms with Crippen LogP contribution in [-0.2, 0) is 13.6 Å². The molecule has 1 aromatic rings. The summed E-state index contributed by atoms with van der Waals surface area (Å²) in [7, 11) is 1.89. The fourth-order valence-electron chi connectivity index (χ4n) is 2.34. The molecule has 2 rings (SSSR count). The van der Waals surface area contributed by atoms with Crippen LogP contribution in [0, 0.1) is 5.92 Å². The van der Waals surface area contributed by atoms with Crippen LogP contribution in [-0.4, -0.2) is 39.0 Å². The van der Waals surface area contributed by atoms with E-state index in [4.69, 9.17) is 5.73 Å². The fraction of sp³-hybridized carbons (Fsp3) is 0.800. The van der Waals surface area contributed by atoms with E-state index in [1.165, 1.54) is 0 Å². The quantitative estimate of drug-likeness (QED) is 0.744. The van der Waals surface area contributed by atoms with Crippen molar-refractivity contribution in [3.63, 3.8) is 0 Å².